The van der Waals surface area contributed by atoms with E-state index in [1.807, 2.05) is 30.3 Å². The normalized spacial score (nSPS) is 20.0. The molecule has 116 valence electrons. The van der Waals surface area contributed by atoms with Gasteiger partial charge in [-0.1, -0.05) is 30.3 Å². The number of benzene rings is 1. The average molecular weight is 320 g/mol. The van der Waals surface area contributed by atoms with Gasteiger partial charge in [0, 0.05) is 6.42 Å². The largest absolute Gasteiger partial charge is 0.534 e. The summed E-state index contributed by atoms with van der Waals surface area (Å²) in [7, 11) is -5.54. The van der Waals surface area contributed by atoms with Crippen molar-refractivity contribution in [1.82, 2.24) is 0 Å². The van der Waals surface area contributed by atoms with E-state index < -0.39 is 15.6 Å². The number of rotatable bonds is 4. The van der Waals surface area contributed by atoms with E-state index in [1.165, 1.54) is 6.08 Å². The van der Waals surface area contributed by atoms with Crippen LogP contribution in [0.15, 0.2) is 42.2 Å². The maximum Gasteiger partial charge on any atom is 0.534 e. The quantitative estimate of drug-likeness (QED) is 0.626. The zero-order chi connectivity index (χ0) is 15.5. The summed E-state index contributed by atoms with van der Waals surface area (Å²) < 4.78 is 62.6. The Morgan fingerprint density at radius 1 is 1.19 bits per heavy atom. The zero-order valence-corrected chi connectivity index (χ0v) is 12.0. The topological polar surface area (TPSA) is 43.4 Å². The molecule has 0 amide bonds. The van der Waals surface area contributed by atoms with Gasteiger partial charge in [-0.25, -0.2) is 0 Å². The van der Waals surface area contributed by atoms with Crippen LogP contribution < -0.4 is 0 Å². The molecule has 0 bridgehead atoms. The highest BCUT2D eigenvalue weighted by Crippen LogP contribution is 2.32. The second kappa shape index (κ2) is 6.09. The minimum Gasteiger partial charge on any atom is -0.381 e. The van der Waals surface area contributed by atoms with Gasteiger partial charge in [-0.3, -0.25) is 0 Å². The minimum absolute atomic E-state index is 0.114. The molecule has 1 unspecified atom stereocenters. The second-order valence-corrected chi connectivity index (χ2v) is 6.52. The molecule has 0 N–H and O–H groups in total. The van der Waals surface area contributed by atoms with Gasteiger partial charge in [-0.15, -0.1) is 0 Å². The molecule has 21 heavy (non-hydrogen) atoms. The summed E-state index contributed by atoms with van der Waals surface area (Å²) in [4.78, 5) is 0. The highest BCUT2D eigenvalue weighted by atomic mass is 32.2. The molecule has 0 saturated carbocycles. The lowest BCUT2D eigenvalue weighted by atomic mass is 9.88. The van der Waals surface area contributed by atoms with Crippen molar-refractivity contribution >= 4 is 10.1 Å². The molecule has 0 fully saturated rings. The molecule has 1 atom stereocenters. The van der Waals surface area contributed by atoms with E-state index >= 15 is 0 Å². The smallest absolute Gasteiger partial charge is 0.381 e. The molecule has 1 aliphatic rings. The molecule has 0 aliphatic heterocycles. The summed E-state index contributed by atoms with van der Waals surface area (Å²) in [5.74, 6) is 0.171. The lowest BCUT2D eigenvalue weighted by Crippen LogP contribution is -2.26. The van der Waals surface area contributed by atoms with Gasteiger partial charge in [0.05, 0.1) is 0 Å². The van der Waals surface area contributed by atoms with Crippen LogP contribution in [-0.2, 0) is 20.7 Å². The van der Waals surface area contributed by atoms with Crippen LogP contribution in [0.2, 0.25) is 0 Å². The van der Waals surface area contributed by atoms with Crippen molar-refractivity contribution in [2.45, 2.75) is 31.2 Å². The summed E-state index contributed by atoms with van der Waals surface area (Å²) in [5, 5.41) is 0. The molecular formula is C14H15F3O3S. The molecule has 0 heterocycles. The first-order valence-corrected chi connectivity index (χ1v) is 7.92. The van der Waals surface area contributed by atoms with Crippen molar-refractivity contribution in [2.75, 3.05) is 0 Å². The zero-order valence-electron chi connectivity index (χ0n) is 11.1. The van der Waals surface area contributed by atoms with Crippen LogP contribution in [0.5, 0.6) is 0 Å². The van der Waals surface area contributed by atoms with E-state index in [-0.39, 0.29) is 18.1 Å². The molecule has 0 spiro atoms. The molecule has 1 aromatic rings. The van der Waals surface area contributed by atoms with Gasteiger partial charge in [0.25, 0.3) is 0 Å². The van der Waals surface area contributed by atoms with E-state index in [0.29, 0.717) is 12.8 Å². The Morgan fingerprint density at radius 2 is 1.86 bits per heavy atom. The van der Waals surface area contributed by atoms with Gasteiger partial charge >= 0.3 is 15.6 Å². The Balaban J connectivity index is 1.94. The maximum atomic E-state index is 12.2. The summed E-state index contributed by atoms with van der Waals surface area (Å²) in [6.07, 6.45) is 3.58. The predicted molar refractivity (Wildman–Crippen MR) is 71.6 cm³/mol. The van der Waals surface area contributed by atoms with Gasteiger partial charge in [0.2, 0.25) is 0 Å². The number of halogens is 3. The van der Waals surface area contributed by atoms with E-state index in [4.69, 9.17) is 0 Å². The van der Waals surface area contributed by atoms with E-state index in [0.717, 1.165) is 12.0 Å². The Labute approximate surface area is 121 Å². The molecule has 7 heteroatoms. The summed E-state index contributed by atoms with van der Waals surface area (Å²) >= 11 is 0. The van der Waals surface area contributed by atoms with Gasteiger partial charge < -0.3 is 4.18 Å². The van der Waals surface area contributed by atoms with Crippen LogP contribution in [0, 0.1) is 5.92 Å². The summed E-state index contributed by atoms with van der Waals surface area (Å²) in [6.45, 7) is 0. The third-order valence-corrected chi connectivity index (χ3v) is 4.35. The van der Waals surface area contributed by atoms with Gasteiger partial charge in [-0.2, -0.15) is 21.6 Å². The first-order chi connectivity index (χ1) is 9.78. The van der Waals surface area contributed by atoms with Crippen molar-refractivity contribution in [3.8, 4) is 0 Å². The second-order valence-electron chi connectivity index (χ2n) is 4.98. The third kappa shape index (κ3) is 4.23. The fraction of sp³-hybridized carbons (Fsp3) is 0.429. The number of alkyl halides is 3. The van der Waals surface area contributed by atoms with E-state index in [9.17, 15) is 21.6 Å². The van der Waals surface area contributed by atoms with E-state index in [2.05, 4.69) is 4.18 Å². The Hall–Kier alpha value is -1.50. The molecule has 1 aliphatic carbocycles. The first kappa shape index (κ1) is 15.9. The molecule has 0 saturated heterocycles. The van der Waals surface area contributed by atoms with Crippen LogP contribution in [0.4, 0.5) is 13.2 Å². The monoisotopic (exact) mass is 320 g/mol. The van der Waals surface area contributed by atoms with Crippen molar-refractivity contribution < 1.29 is 25.8 Å². The lowest BCUT2D eigenvalue weighted by molar-refractivity contribution is -0.0524. The van der Waals surface area contributed by atoms with Crippen LogP contribution in [0.3, 0.4) is 0 Å². The van der Waals surface area contributed by atoms with Crippen LogP contribution in [0.1, 0.15) is 24.8 Å². The van der Waals surface area contributed by atoms with Crippen LogP contribution >= 0.6 is 0 Å². The molecule has 0 aromatic heterocycles. The Morgan fingerprint density at radius 3 is 2.38 bits per heavy atom. The fourth-order valence-electron chi connectivity index (χ4n) is 2.26. The Kier molecular flexibility index (Phi) is 4.61. The molecule has 0 radical (unpaired) electrons. The highest BCUT2D eigenvalue weighted by molar-refractivity contribution is 7.87. The van der Waals surface area contributed by atoms with Crippen molar-refractivity contribution in [3.63, 3.8) is 0 Å². The molecular weight excluding hydrogens is 305 g/mol. The summed E-state index contributed by atoms with van der Waals surface area (Å²) in [6, 6.07) is 9.75. The molecule has 3 nitrogen and oxygen atoms in total. The van der Waals surface area contributed by atoms with E-state index in [1.54, 1.807) is 0 Å². The van der Waals surface area contributed by atoms with Gasteiger partial charge in [-0.05, 0) is 36.8 Å². The standard InChI is InChI=1S/C14H15F3O3S/c15-14(16,17)21(18,19)20-13-8-6-12(7-9-13)10-11-4-2-1-3-5-11/h1-5,8,12H,6-7,9-10H2. The van der Waals surface area contributed by atoms with Crippen molar-refractivity contribution in [1.29, 1.82) is 0 Å². The van der Waals surface area contributed by atoms with Crippen molar-refractivity contribution in [3.05, 3.63) is 47.7 Å². The Bertz CT molecular complexity index is 606. The third-order valence-electron chi connectivity index (χ3n) is 3.35. The van der Waals surface area contributed by atoms with Crippen LogP contribution in [0.25, 0.3) is 0 Å². The number of hydrogen-bond donors (Lipinski definition) is 0. The van der Waals surface area contributed by atoms with Crippen molar-refractivity contribution in [2.24, 2.45) is 5.92 Å². The SMILES string of the molecule is O=S(=O)(OC1=CCC(Cc2ccccc2)CC1)C(F)(F)F. The first-order valence-electron chi connectivity index (χ1n) is 6.51. The minimum atomic E-state index is -5.54. The predicted octanol–water partition coefficient (Wildman–Crippen LogP) is 3.78. The lowest BCUT2D eigenvalue weighted by Gasteiger charge is -2.22. The number of allylic oxidation sites excluding steroid dienone is 2. The van der Waals surface area contributed by atoms with Gasteiger partial charge in [0.15, 0.2) is 0 Å². The average Bonchev–Trinajstić information content (AvgIpc) is 2.41. The highest BCUT2D eigenvalue weighted by Gasteiger charge is 2.48. The summed E-state index contributed by atoms with van der Waals surface area (Å²) in [5.41, 5.74) is -4.22. The number of hydrogen-bond acceptors (Lipinski definition) is 3. The maximum absolute atomic E-state index is 12.2. The molecule has 1 aromatic carbocycles. The molecule has 2 rings (SSSR count). The fourth-order valence-corrected chi connectivity index (χ4v) is 2.79. The van der Waals surface area contributed by atoms with Crippen LogP contribution in [-0.4, -0.2) is 13.9 Å². The van der Waals surface area contributed by atoms with Gasteiger partial charge in [0.1, 0.15) is 5.76 Å².